The van der Waals surface area contributed by atoms with Gasteiger partial charge in [-0.2, -0.15) is 0 Å². The van der Waals surface area contributed by atoms with Gasteiger partial charge in [0.25, 0.3) is 0 Å². The third-order valence-corrected chi connectivity index (χ3v) is 3.81. The van der Waals surface area contributed by atoms with Crippen molar-refractivity contribution in [2.75, 3.05) is 5.75 Å². The molecule has 3 nitrogen and oxygen atoms in total. The molecule has 1 unspecified atom stereocenters. The molecular formula is C11H12O3S. The molecule has 0 saturated heterocycles. The Labute approximate surface area is 90.9 Å². The zero-order valence-electron chi connectivity index (χ0n) is 8.49. The molecule has 0 N–H and O–H groups in total. The first-order valence-electron chi connectivity index (χ1n) is 4.92. The smallest absolute Gasteiger partial charge is 0.315 e. The first-order valence-corrected chi connectivity index (χ1v) is 6.24. The summed E-state index contributed by atoms with van der Waals surface area (Å²) >= 11 is 0. The van der Waals surface area contributed by atoms with Crippen molar-refractivity contribution in [2.24, 2.45) is 0 Å². The van der Waals surface area contributed by atoms with Crippen molar-refractivity contribution in [3.63, 3.8) is 0 Å². The standard InChI is InChI=1S/C11H12O3S/c1-2-5-15(13)9-4-3-8-6-11(12)14-10(8)7-9/h3-4,7H,2,5-6H2,1H3. The van der Waals surface area contributed by atoms with Crippen LogP contribution in [0.3, 0.4) is 0 Å². The van der Waals surface area contributed by atoms with Gasteiger partial charge in [0.05, 0.1) is 17.2 Å². The number of carbonyl (C=O) groups is 1. The summed E-state index contributed by atoms with van der Waals surface area (Å²) in [4.78, 5) is 11.7. The Morgan fingerprint density at radius 2 is 2.27 bits per heavy atom. The van der Waals surface area contributed by atoms with Gasteiger partial charge < -0.3 is 4.74 Å². The zero-order chi connectivity index (χ0) is 10.8. The molecule has 0 amide bonds. The molecule has 1 atom stereocenters. The van der Waals surface area contributed by atoms with E-state index in [0.29, 0.717) is 17.9 Å². The Morgan fingerprint density at radius 3 is 3.00 bits per heavy atom. The molecule has 0 aromatic heterocycles. The van der Waals surface area contributed by atoms with Crippen LogP contribution in [0.25, 0.3) is 0 Å². The SMILES string of the molecule is CCCS(=O)c1ccc2c(c1)OC(=O)C2. The van der Waals surface area contributed by atoms with E-state index in [9.17, 15) is 9.00 Å². The fourth-order valence-electron chi connectivity index (χ4n) is 1.54. The normalized spacial score (nSPS) is 15.9. The van der Waals surface area contributed by atoms with Crippen molar-refractivity contribution in [1.82, 2.24) is 0 Å². The third-order valence-electron chi connectivity index (χ3n) is 2.25. The summed E-state index contributed by atoms with van der Waals surface area (Å²) in [5.74, 6) is 0.984. The number of hydrogen-bond donors (Lipinski definition) is 0. The van der Waals surface area contributed by atoms with Crippen LogP contribution in [0.5, 0.6) is 5.75 Å². The van der Waals surface area contributed by atoms with Crippen LogP contribution >= 0.6 is 0 Å². The molecule has 80 valence electrons. The predicted octanol–water partition coefficient (Wildman–Crippen LogP) is 1.67. The van der Waals surface area contributed by atoms with E-state index in [1.54, 1.807) is 6.07 Å². The maximum absolute atomic E-state index is 11.7. The zero-order valence-corrected chi connectivity index (χ0v) is 9.30. The number of benzene rings is 1. The van der Waals surface area contributed by atoms with Crippen LogP contribution in [0.15, 0.2) is 23.1 Å². The van der Waals surface area contributed by atoms with E-state index in [2.05, 4.69) is 0 Å². The van der Waals surface area contributed by atoms with E-state index in [1.165, 1.54) is 0 Å². The second-order valence-corrected chi connectivity index (χ2v) is 5.04. The van der Waals surface area contributed by atoms with Crippen molar-refractivity contribution >= 4 is 16.8 Å². The van der Waals surface area contributed by atoms with E-state index in [0.717, 1.165) is 16.9 Å². The van der Waals surface area contributed by atoms with Crippen LogP contribution in [0, 0.1) is 0 Å². The largest absolute Gasteiger partial charge is 0.426 e. The average Bonchev–Trinajstić information content (AvgIpc) is 2.57. The van der Waals surface area contributed by atoms with Crippen LogP contribution in [-0.2, 0) is 22.0 Å². The molecule has 1 aromatic rings. The molecule has 0 bridgehead atoms. The van der Waals surface area contributed by atoms with Crippen molar-refractivity contribution in [1.29, 1.82) is 0 Å². The number of fused-ring (bicyclic) bond motifs is 1. The van der Waals surface area contributed by atoms with E-state index in [-0.39, 0.29) is 5.97 Å². The number of rotatable bonds is 3. The lowest BCUT2D eigenvalue weighted by Crippen LogP contribution is -2.00. The summed E-state index contributed by atoms with van der Waals surface area (Å²) in [5.41, 5.74) is 0.886. The molecule has 1 heterocycles. The van der Waals surface area contributed by atoms with Crippen LogP contribution in [0.2, 0.25) is 0 Å². The van der Waals surface area contributed by atoms with Crippen molar-refractivity contribution < 1.29 is 13.7 Å². The van der Waals surface area contributed by atoms with Crippen LogP contribution in [0.1, 0.15) is 18.9 Å². The Morgan fingerprint density at radius 1 is 1.47 bits per heavy atom. The highest BCUT2D eigenvalue weighted by Crippen LogP contribution is 2.28. The van der Waals surface area contributed by atoms with Gasteiger partial charge in [-0.1, -0.05) is 13.0 Å². The van der Waals surface area contributed by atoms with Crippen LogP contribution in [0.4, 0.5) is 0 Å². The first kappa shape index (κ1) is 10.4. The molecule has 0 aliphatic carbocycles. The quantitative estimate of drug-likeness (QED) is 0.579. The van der Waals surface area contributed by atoms with E-state index < -0.39 is 10.8 Å². The van der Waals surface area contributed by atoms with Gasteiger partial charge in [0.1, 0.15) is 5.75 Å². The highest BCUT2D eigenvalue weighted by molar-refractivity contribution is 7.85. The molecule has 15 heavy (non-hydrogen) atoms. The van der Waals surface area contributed by atoms with Crippen molar-refractivity contribution in [2.45, 2.75) is 24.7 Å². The number of ether oxygens (including phenoxy) is 1. The lowest BCUT2D eigenvalue weighted by Gasteiger charge is -2.02. The van der Waals surface area contributed by atoms with Gasteiger partial charge in [-0.25, -0.2) is 0 Å². The minimum atomic E-state index is -0.978. The predicted molar refractivity (Wildman–Crippen MR) is 57.3 cm³/mol. The Kier molecular flexibility index (Phi) is 2.86. The Balaban J connectivity index is 2.27. The van der Waals surface area contributed by atoms with Gasteiger partial charge in [-0.05, 0) is 18.6 Å². The molecule has 0 spiro atoms. The third kappa shape index (κ3) is 2.09. The molecule has 4 heteroatoms. The highest BCUT2D eigenvalue weighted by atomic mass is 32.2. The lowest BCUT2D eigenvalue weighted by atomic mass is 10.2. The highest BCUT2D eigenvalue weighted by Gasteiger charge is 2.20. The fraction of sp³-hybridized carbons (Fsp3) is 0.364. The summed E-state index contributed by atoms with van der Waals surface area (Å²) in [7, 11) is -0.978. The second kappa shape index (κ2) is 4.14. The number of hydrogen-bond acceptors (Lipinski definition) is 3. The maximum Gasteiger partial charge on any atom is 0.315 e. The monoisotopic (exact) mass is 224 g/mol. The molecule has 0 radical (unpaired) electrons. The molecule has 0 fully saturated rings. The summed E-state index contributed by atoms with van der Waals surface area (Å²) in [6.07, 6.45) is 1.21. The first-order chi connectivity index (χ1) is 7.20. The average molecular weight is 224 g/mol. The molecule has 0 saturated carbocycles. The number of esters is 1. The molecule has 1 aromatic carbocycles. The van der Waals surface area contributed by atoms with Gasteiger partial charge >= 0.3 is 5.97 Å². The Hall–Kier alpha value is -1.16. The van der Waals surface area contributed by atoms with Crippen molar-refractivity contribution in [3.05, 3.63) is 23.8 Å². The van der Waals surface area contributed by atoms with Crippen LogP contribution < -0.4 is 4.74 Å². The van der Waals surface area contributed by atoms with E-state index in [1.807, 2.05) is 19.1 Å². The molecule has 1 aliphatic rings. The fourth-order valence-corrected chi connectivity index (χ4v) is 2.60. The maximum atomic E-state index is 11.7. The Bertz CT molecular complexity index is 426. The lowest BCUT2D eigenvalue weighted by molar-refractivity contribution is -0.131. The van der Waals surface area contributed by atoms with Gasteiger partial charge in [-0.15, -0.1) is 0 Å². The van der Waals surface area contributed by atoms with Crippen molar-refractivity contribution in [3.8, 4) is 5.75 Å². The summed E-state index contributed by atoms with van der Waals surface area (Å²) in [6, 6.07) is 5.35. The van der Waals surface area contributed by atoms with Gasteiger partial charge in [-0.3, -0.25) is 9.00 Å². The summed E-state index contributed by atoms with van der Waals surface area (Å²) in [5, 5.41) is 0. The summed E-state index contributed by atoms with van der Waals surface area (Å²) < 4.78 is 16.7. The minimum absolute atomic E-state index is 0.233. The van der Waals surface area contributed by atoms with Crippen LogP contribution in [-0.4, -0.2) is 15.9 Å². The van der Waals surface area contributed by atoms with Gasteiger partial charge in [0.2, 0.25) is 0 Å². The summed E-state index contributed by atoms with van der Waals surface area (Å²) in [6.45, 7) is 1.99. The second-order valence-electron chi connectivity index (χ2n) is 3.47. The van der Waals surface area contributed by atoms with Gasteiger partial charge in [0.15, 0.2) is 0 Å². The molecular weight excluding hydrogens is 212 g/mol. The topological polar surface area (TPSA) is 43.4 Å². The van der Waals surface area contributed by atoms with Gasteiger partial charge in [0, 0.05) is 16.2 Å². The molecule has 2 rings (SSSR count). The van der Waals surface area contributed by atoms with E-state index in [4.69, 9.17) is 4.74 Å². The van der Waals surface area contributed by atoms with E-state index >= 15 is 0 Å². The minimum Gasteiger partial charge on any atom is -0.426 e. The number of carbonyl (C=O) groups excluding carboxylic acids is 1. The molecule has 1 aliphatic heterocycles.